The Morgan fingerprint density at radius 3 is 1.50 bits per heavy atom. The number of rotatable bonds is 3. The Balaban J connectivity index is 0. The third kappa shape index (κ3) is 5.06. The summed E-state index contributed by atoms with van der Waals surface area (Å²) in [6.07, 6.45) is 0. The second kappa shape index (κ2) is 7.78. The lowest BCUT2D eigenvalue weighted by Gasteiger charge is -2.17. The van der Waals surface area contributed by atoms with Crippen LogP contribution in [0, 0.1) is 0 Å². The predicted molar refractivity (Wildman–Crippen MR) is 90.2 cm³/mol. The van der Waals surface area contributed by atoms with Crippen LogP contribution in [-0.4, -0.2) is 38.9 Å². The third-order valence-corrected chi connectivity index (χ3v) is 5.43. The van der Waals surface area contributed by atoms with Gasteiger partial charge in [0.1, 0.15) is 30.4 Å². The molecule has 0 aliphatic carbocycles. The van der Waals surface area contributed by atoms with Gasteiger partial charge in [-0.05, 0) is 29.7 Å². The van der Waals surface area contributed by atoms with E-state index in [0.29, 0.717) is 18.2 Å². The van der Waals surface area contributed by atoms with Gasteiger partial charge in [0.2, 0.25) is 0 Å². The van der Waals surface area contributed by atoms with Crippen molar-refractivity contribution in [3.05, 3.63) is 24.3 Å². The summed E-state index contributed by atoms with van der Waals surface area (Å²) in [6.45, 7) is 0. The average molecular weight is 434 g/mol. The molecule has 0 bridgehead atoms. The molecular weight excluding hydrogens is 416 g/mol. The molecule has 150 valence electrons. The number of hydrogen-bond acceptors (Lipinski definition) is 10. The van der Waals surface area contributed by atoms with E-state index < -0.39 is 61.5 Å². The Bertz CT molecular complexity index is 1140. The van der Waals surface area contributed by atoms with Crippen molar-refractivity contribution >= 4 is 46.8 Å². The summed E-state index contributed by atoms with van der Waals surface area (Å²) in [5.74, 6) is 0. The molecule has 0 aliphatic heterocycles. The monoisotopic (exact) mass is 434 g/mol. The molecule has 13 nitrogen and oxygen atoms in total. The summed E-state index contributed by atoms with van der Waals surface area (Å²) in [5, 5.41) is -0.850. The Morgan fingerprint density at radius 2 is 1.12 bits per heavy atom. The molecule has 2 rings (SSSR count). The number of nitrogen functional groups attached to an aromatic ring is 1. The first-order chi connectivity index (χ1) is 10.2. The van der Waals surface area contributed by atoms with Crippen molar-refractivity contribution < 1.29 is 38.9 Å². The largest absolute Gasteiger partial charge is 0.744 e. The highest BCUT2D eigenvalue weighted by Crippen LogP contribution is 2.32. The molecule has 0 amide bonds. The van der Waals surface area contributed by atoms with Crippen LogP contribution in [0.25, 0.3) is 10.8 Å². The molecule has 0 atom stereocenters. The molecular formula is C10H18N4O9S3. The highest BCUT2D eigenvalue weighted by molar-refractivity contribution is 7.87. The van der Waals surface area contributed by atoms with Gasteiger partial charge in [-0.25, -0.2) is 25.3 Å². The van der Waals surface area contributed by atoms with Crippen molar-refractivity contribution in [3.63, 3.8) is 0 Å². The van der Waals surface area contributed by atoms with Crippen molar-refractivity contribution in [1.29, 1.82) is 0 Å². The van der Waals surface area contributed by atoms with Gasteiger partial charge in [0, 0.05) is 11.1 Å². The van der Waals surface area contributed by atoms with Crippen molar-refractivity contribution in [1.82, 2.24) is 18.5 Å². The second-order valence-electron chi connectivity index (χ2n) is 4.39. The van der Waals surface area contributed by atoms with E-state index in [1.807, 2.05) is 0 Å². The summed E-state index contributed by atoms with van der Waals surface area (Å²) in [7, 11) is -15.4. The summed E-state index contributed by atoms with van der Waals surface area (Å²) >= 11 is 0. The molecule has 0 unspecified atom stereocenters. The normalized spacial score (nSPS) is 11.8. The molecule has 0 saturated heterocycles. The summed E-state index contributed by atoms with van der Waals surface area (Å²) in [4.78, 5) is -3.09. The summed E-state index contributed by atoms with van der Waals surface area (Å²) in [5.41, 5.74) is 4.72. The van der Waals surface area contributed by atoms with E-state index in [-0.39, 0.29) is 18.5 Å². The maximum atomic E-state index is 11.2. The quantitative estimate of drug-likeness (QED) is 0.377. The minimum atomic E-state index is -5.21. The van der Waals surface area contributed by atoms with Gasteiger partial charge in [-0.3, -0.25) is 0 Å². The van der Waals surface area contributed by atoms with E-state index in [1.165, 1.54) is 0 Å². The van der Waals surface area contributed by atoms with Gasteiger partial charge in [-0.15, -0.1) is 0 Å². The van der Waals surface area contributed by atoms with Crippen LogP contribution in [-0.2, 0) is 30.4 Å². The van der Waals surface area contributed by atoms with Crippen molar-refractivity contribution in [2.45, 2.75) is 14.7 Å². The molecule has 0 spiro atoms. The first kappa shape index (κ1) is 26.3. The molecule has 0 aromatic heterocycles. The van der Waals surface area contributed by atoms with Gasteiger partial charge in [0.15, 0.2) is 0 Å². The van der Waals surface area contributed by atoms with Crippen LogP contribution in [0.4, 0.5) is 5.69 Å². The zero-order valence-electron chi connectivity index (χ0n) is 13.8. The fourth-order valence-electron chi connectivity index (χ4n) is 1.91. The fraction of sp³-hybridized carbons (Fsp3) is 0. The van der Waals surface area contributed by atoms with Crippen LogP contribution in [0.1, 0.15) is 0 Å². The molecule has 0 aliphatic rings. The van der Waals surface area contributed by atoms with E-state index in [4.69, 9.17) is 5.73 Å². The maximum absolute atomic E-state index is 11.2. The first-order valence-corrected chi connectivity index (χ1v) is 9.69. The number of nitrogens with two attached hydrogens (primary N) is 1. The fourth-order valence-corrected chi connectivity index (χ4v) is 3.86. The number of benzene rings is 2. The van der Waals surface area contributed by atoms with Crippen LogP contribution in [0.2, 0.25) is 0 Å². The first-order valence-electron chi connectivity index (χ1n) is 5.46. The number of hydrogen-bond donors (Lipinski definition) is 4. The SMILES string of the molecule is Nc1cc2c(S(=O)(=O)[O-])cc(S(=O)(=O)[O-])cc2cc1S(=O)(=O)[O-].[NH4+].[NH4+].[NH4+]. The zero-order valence-corrected chi connectivity index (χ0v) is 16.2. The van der Waals surface area contributed by atoms with E-state index in [0.717, 1.165) is 6.07 Å². The molecule has 14 N–H and O–H groups in total. The van der Waals surface area contributed by atoms with E-state index in [9.17, 15) is 38.9 Å². The van der Waals surface area contributed by atoms with Gasteiger partial charge in [-0.2, -0.15) is 0 Å². The van der Waals surface area contributed by atoms with Gasteiger partial charge >= 0.3 is 0 Å². The molecule has 0 fully saturated rings. The molecule has 26 heavy (non-hydrogen) atoms. The minimum Gasteiger partial charge on any atom is -0.744 e. The number of quaternary nitrogens is 3. The molecule has 16 heteroatoms. The van der Waals surface area contributed by atoms with Gasteiger partial charge in [0.05, 0.1) is 14.7 Å². The minimum absolute atomic E-state index is 0. The van der Waals surface area contributed by atoms with E-state index >= 15 is 0 Å². The lowest BCUT2D eigenvalue weighted by molar-refractivity contribution is 0.460. The molecule has 0 radical (unpaired) electrons. The van der Waals surface area contributed by atoms with Crippen LogP contribution in [0.5, 0.6) is 0 Å². The lowest BCUT2D eigenvalue weighted by atomic mass is 10.1. The highest BCUT2D eigenvalue weighted by Gasteiger charge is 2.16. The second-order valence-corrected chi connectivity index (χ2v) is 8.47. The van der Waals surface area contributed by atoms with Gasteiger partial charge in [0.25, 0.3) is 0 Å². The average Bonchev–Trinajstić information content (AvgIpc) is 2.32. The van der Waals surface area contributed by atoms with Crippen molar-refractivity contribution in [2.24, 2.45) is 0 Å². The van der Waals surface area contributed by atoms with Crippen LogP contribution in [0.3, 0.4) is 0 Å². The van der Waals surface area contributed by atoms with E-state index in [2.05, 4.69) is 0 Å². The van der Waals surface area contributed by atoms with Crippen molar-refractivity contribution in [3.8, 4) is 0 Å². The van der Waals surface area contributed by atoms with Crippen molar-refractivity contribution in [2.75, 3.05) is 5.73 Å². The van der Waals surface area contributed by atoms with Crippen LogP contribution in [0.15, 0.2) is 39.0 Å². The van der Waals surface area contributed by atoms with Crippen LogP contribution >= 0.6 is 0 Å². The smallest absolute Gasteiger partial charge is 0.126 e. The maximum Gasteiger partial charge on any atom is 0.126 e. The number of fused-ring (bicyclic) bond motifs is 1. The Kier molecular flexibility index (Phi) is 7.88. The zero-order chi connectivity index (χ0) is 17.8. The number of anilines is 1. The topological polar surface area (TPSA) is 307 Å². The summed E-state index contributed by atoms with van der Waals surface area (Å²) in [6, 6.07) is 2.31. The molecule has 2 aromatic carbocycles. The standard InChI is InChI=1S/C10H9NO9S3.3H3N/c11-8-4-7-5(2-10(8)23(18,19)20)1-6(21(12,13)14)3-9(7)22(15,16)17;;;/h1-4H,11H2,(H,12,13,14)(H,15,16,17)(H,18,19,20);3*1H3. The highest BCUT2D eigenvalue weighted by atomic mass is 32.2. The molecule has 0 heterocycles. The van der Waals surface area contributed by atoms with Gasteiger partial charge in [-0.1, -0.05) is 0 Å². The Hall–Kier alpha value is -1.89. The molecule has 2 aromatic rings. The summed E-state index contributed by atoms with van der Waals surface area (Å²) < 4.78 is 100. The Morgan fingerprint density at radius 1 is 0.654 bits per heavy atom. The predicted octanol–water partition coefficient (Wildman–Crippen LogP) is 0.263. The third-order valence-electron chi connectivity index (χ3n) is 2.85. The Labute approximate surface area is 149 Å². The van der Waals surface area contributed by atoms with E-state index in [1.54, 1.807) is 0 Å². The van der Waals surface area contributed by atoms with Gasteiger partial charge < -0.3 is 37.8 Å². The van der Waals surface area contributed by atoms with Crippen LogP contribution < -0.4 is 24.2 Å². The molecule has 0 saturated carbocycles. The lowest BCUT2D eigenvalue weighted by Crippen LogP contribution is -2.07.